The fourth-order valence-electron chi connectivity index (χ4n) is 2.31. The molecule has 0 bridgehead atoms. The number of carbonyl (C=O) groups excluding carboxylic acids is 1. The van der Waals surface area contributed by atoms with Crippen molar-refractivity contribution in [3.8, 4) is 5.75 Å². The quantitative estimate of drug-likeness (QED) is 0.884. The number of anilines is 1. The number of hydrogen-bond donors (Lipinski definition) is 1. The third-order valence-electron chi connectivity index (χ3n) is 3.42. The molecule has 1 saturated heterocycles. The Balaban J connectivity index is 1.97. The van der Waals surface area contributed by atoms with Crippen molar-refractivity contribution in [1.29, 1.82) is 0 Å². The molecular weight excluding hydrogens is 242 g/mol. The summed E-state index contributed by atoms with van der Waals surface area (Å²) in [6.45, 7) is 4.80. The molecule has 1 aromatic carbocycles. The van der Waals surface area contributed by atoms with E-state index in [4.69, 9.17) is 4.74 Å². The SMILES string of the molecule is CC(=O)CCCc1ccc(N2CCOCC2)cc1O. The molecule has 104 valence electrons. The lowest BCUT2D eigenvalue weighted by atomic mass is 10.0. The molecule has 1 aliphatic heterocycles. The van der Waals surface area contributed by atoms with Crippen molar-refractivity contribution in [1.82, 2.24) is 0 Å². The van der Waals surface area contributed by atoms with Crippen LogP contribution in [0.3, 0.4) is 0 Å². The van der Waals surface area contributed by atoms with E-state index in [9.17, 15) is 9.90 Å². The van der Waals surface area contributed by atoms with Crippen LogP contribution in [0.25, 0.3) is 0 Å². The van der Waals surface area contributed by atoms with Gasteiger partial charge in [0.05, 0.1) is 13.2 Å². The zero-order chi connectivity index (χ0) is 13.7. The molecule has 0 saturated carbocycles. The van der Waals surface area contributed by atoms with Gasteiger partial charge in [0, 0.05) is 31.3 Å². The summed E-state index contributed by atoms with van der Waals surface area (Å²) in [5, 5.41) is 10.0. The van der Waals surface area contributed by atoms with Gasteiger partial charge < -0.3 is 19.5 Å². The topological polar surface area (TPSA) is 49.8 Å². The monoisotopic (exact) mass is 263 g/mol. The predicted molar refractivity (Wildman–Crippen MR) is 74.8 cm³/mol. The van der Waals surface area contributed by atoms with E-state index in [0.717, 1.165) is 50.4 Å². The minimum atomic E-state index is 0.199. The van der Waals surface area contributed by atoms with E-state index >= 15 is 0 Å². The van der Waals surface area contributed by atoms with Gasteiger partial charge in [-0.25, -0.2) is 0 Å². The first kappa shape index (κ1) is 13.9. The highest BCUT2D eigenvalue weighted by Gasteiger charge is 2.12. The van der Waals surface area contributed by atoms with Crippen molar-refractivity contribution in [3.05, 3.63) is 23.8 Å². The number of nitrogens with zero attached hydrogens (tertiary/aromatic N) is 1. The largest absolute Gasteiger partial charge is 0.508 e. The Labute approximate surface area is 114 Å². The van der Waals surface area contributed by atoms with Gasteiger partial charge in [-0.3, -0.25) is 0 Å². The number of morpholine rings is 1. The maximum Gasteiger partial charge on any atom is 0.129 e. The van der Waals surface area contributed by atoms with Crippen molar-refractivity contribution in [2.24, 2.45) is 0 Å². The summed E-state index contributed by atoms with van der Waals surface area (Å²) < 4.78 is 5.31. The highest BCUT2D eigenvalue weighted by atomic mass is 16.5. The molecule has 1 aromatic rings. The van der Waals surface area contributed by atoms with Gasteiger partial charge in [0.25, 0.3) is 0 Å². The number of aryl methyl sites for hydroxylation is 1. The molecule has 0 amide bonds. The Morgan fingerprint density at radius 3 is 2.74 bits per heavy atom. The van der Waals surface area contributed by atoms with Gasteiger partial charge in [-0.1, -0.05) is 6.07 Å². The summed E-state index contributed by atoms with van der Waals surface area (Å²) in [4.78, 5) is 13.1. The van der Waals surface area contributed by atoms with E-state index in [1.807, 2.05) is 18.2 Å². The fraction of sp³-hybridized carbons (Fsp3) is 0.533. The number of rotatable bonds is 5. The molecule has 0 atom stereocenters. The summed E-state index contributed by atoms with van der Waals surface area (Å²) >= 11 is 0. The van der Waals surface area contributed by atoms with Gasteiger partial charge in [0.1, 0.15) is 11.5 Å². The smallest absolute Gasteiger partial charge is 0.129 e. The number of phenolic OH excluding ortho intramolecular Hbond substituents is 1. The lowest BCUT2D eigenvalue weighted by Gasteiger charge is -2.29. The molecule has 1 N–H and O–H groups in total. The van der Waals surface area contributed by atoms with Crippen LogP contribution in [0.2, 0.25) is 0 Å². The van der Waals surface area contributed by atoms with Crippen LogP contribution in [0.5, 0.6) is 5.75 Å². The van der Waals surface area contributed by atoms with Crippen LogP contribution in [0.4, 0.5) is 5.69 Å². The third-order valence-corrected chi connectivity index (χ3v) is 3.42. The molecular formula is C15H21NO3. The summed E-state index contributed by atoms with van der Waals surface area (Å²) in [5.74, 6) is 0.525. The minimum Gasteiger partial charge on any atom is -0.508 e. The fourth-order valence-corrected chi connectivity index (χ4v) is 2.31. The first-order valence-corrected chi connectivity index (χ1v) is 6.81. The molecule has 19 heavy (non-hydrogen) atoms. The second kappa shape index (κ2) is 6.57. The number of aromatic hydroxyl groups is 1. The second-order valence-corrected chi connectivity index (χ2v) is 4.97. The van der Waals surface area contributed by atoms with Crippen LogP contribution in [0.15, 0.2) is 18.2 Å². The summed E-state index contributed by atoms with van der Waals surface area (Å²) in [6, 6.07) is 5.81. The number of ether oxygens (including phenoxy) is 1. The van der Waals surface area contributed by atoms with Gasteiger partial charge in [0.15, 0.2) is 0 Å². The Bertz CT molecular complexity index is 439. The number of benzene rings is 1. The van der Waals surface area contributed by atoms with Gasteiger partial charge in [-0.2, -0.15) is 0 Å². The molecule has 4 nitrogen and oxygen atoms in total. The summed E-state index contributed by atoms with van der Waals surface area (Å²) in [6.07, 6.45) is 2.11. The standard InChI is InChI=1S/C15H21NO3/c1-12(17)3-2-4-13-5-6-14(11-15(13)18)16-7-9-19-10-8-16/h5-6,11,18H,2-4,7-10H2,1H3. The van der Waals surface area contributed by atoms with Gasteiger partial charge >= 0.3 is 0 Å². The van der Waals surface area contributed by atoms with Crippen LogP contribution in [0, 0.1) is 0 Å². The first-order chi connectivity index (χ1) is 9.16. The molecule has 0 radical (unpaired) electrons. The van der Waals surface area contributed by atoms with Gasteiger partial charge in [-0.15, -0.1) is 0 Å². The molecule has 0 spiro atoms. The average Bonchev–Trinajstić information content (AvgIpc) is 2.41. The maximum atomic E-state index is 10.9. The molecule has 0 aromatic heterocycles. The summed E-state index contributed by atoms with van der Waals surface area (Å²) in [5.41, 5.74) is 1.95. The highest BCUT2D eigenvalue weighted by molar-refractivity contribution is 5.75. The van der Waals surface area contributed by atoms with E-state index in [1.54, 1.807) is 6.92 Å². The molecule has 0 unspecified atom stereocenters. The van der Waals surface area contributed by atoms with Crippen molar-refractivity contribution in [2.75, 3.05) is 31.2 Å². The molecule has 1 fully saturated rings. The van der Waals surface area contributed by atoms with Crippen molar-refractivity contribution in [3.63, 3.8) is 0 Å². The zero-order valence-electron chi connectivity index (χ0n) is 11.4. The van der Waals surface area contributed by atoms with Crippen LogP contribution in [-0.2, 0) is 16.0 Å². The maximum absolute atomic E-state index is 10.9. The molecule has 2 rings (SSSR count). The van der Waals surface area contributed by atoms with Crippen molar-refractivity contribution < 1.29 is 14.6 Å². The van der Waals surface area contributed by atoms with Crippen LogP contribution >= 0.6 is 0 Å². The van der Waals surface area contributed by atoms with Crippen molar-refractivity contribution >= 4 is 11.5 Å². The van der Waals surface area contributed by atoms with Crippen LogP contribution in [-0.4, -0.2) is 37.2 Å². The molecule has 1 aliphatic rings. The zero-order valence-corrected chi connectivity index (χ0v) is 11.4. The van der Waals surface area contributed by atoms with E-state index in [1.165, 1.54) is 0 Å². The number of carbonyl (C=O) groups is 1. The third kappa shape index (κ3) is 3.96. The highest BCUT2D eigenvalue weighted by Crippen LogP contribution is 2.26. The number of Topliss-reactive ketones (excluding diaryl/α,β-unsaturated/α-hetero) is 1. The normalized spacial score (nSPS) is 15.5. The van der Waals surface area contributed by atoms with E-state index < -0.39 is 0 Å². The minimum absolute atomic E-state index is 0.199. The van der Waals surface area contributed by atoms with Crippen LogP contribution < -0.4 is 4.90 Å². The van der Waals surface area contributed by atoms with Gasteiger partial charge in [0.2, 0.25) is 0 Å². The molecule has 0 aliphatic carbocycles. The van der Waals surface area contributed by atoms with Gasteiger partial charge in [-0.05, 0) is 31.4 Å². The molecule has 1 heterocycles. The molecule has 4 heteroatoms. The summed E-state index contributed by atoms with van der Waals surface area (Å²) in [7, 11) is 0. The Hall–Kier alpha value is -1.55. The lowest BCUT2D eigenvalue weighted by molar-refractivity contribution is -0.117. The number of ketones is 1. The first-order valence-electron chi connectivity index (χ1n) is 6.81. The van der Waals surface area contributed by atoms with Crippen LogP contribution in [0.1, 0.15) is 25.3 Å². The number of phenols is 1. The lowest BCUT2D eigenvalue weighted by Crippen LogP contribution is -2.36. The van der Waals surface area contributed by atoms with E-state index in [-0.39, 0.29) is 5.78 Å². The Morgan fingerprint density at radius 1 is 1.37 bits per heavy atom. The Kier molecular flexibility index (Phi) is 4.80. The second-order valence-electron chi connectivity index (χ2n) is 4.97. The average molecular weight is 263 g/mol. The van der Waals surface area contributed by atoms with E-state index in [0.29, 0.717) is 12.2 Å². The van der Waals surface area contributed by atoms with E-state index in [2.05, 4.69) is 4.90 Å². The Morgan fingerprint density at radius 2 is 2.11 bits per heavy atom. The predicted octanol–water partition coefficient (Wildman–Crippen LogP) is 2.14. The van der Waals surface area contributed by atoms with Crippen molar-refractivity contribution in [2.45, 2.75) is 26.2 Å². The number of hydrogen-bond acceptors (Lipinski definition) is 4.